The Bertz CT molecular complexity index is 706. The number of thiazole rings is 1. The Hall–Kier alpha value is -1.94. The molecular weight excluding hydrogens is 256 g/mol. The molecule has 3 aromatic rings. The van der Waals surface area contributed by atoms with E-state index in [0.29, 0.717) is 6.42 Å². The first-order valence-electron chi connectivity index (χ1n) is 6.14. The van der Waals surface area contributed by atoms with Gasteiger partial charge in [0.1, 0.15) is 0 Å². The number of Topliss-reactive ketones (excluding diaryl/α,β-unsaturated/α-hetero) is 1. The van der Waals surface area contributed by atoms with Crippen LogP contribution in [0.1, 0.15) is 27.2 Å². The van der Waals surface area contributed by atoms with Crippen molar-refractivity contribution in [1.82, 2.24) is 9.38 Å². The van der Waals surface area contributed by atoms with Crippen LogP contribution in [0.2, 0.25) is 0 Å². The first kappa shape index (κ1) is 12.1. The normalized spacial score (nSPS) is 11.1. The maximum Gasteiger partial charge on any atom is 0.193 e. The Labute approximate surface area is 115 Å². The highest BCUT2D eigenvalue weighted by molar-refractivity contribution is 7.15. The summed E-state index contributed by atoms with van der Waals surface area (Å²) in [4.78, 5) is 17.6. The number of fused-ring (bicyclic) bond motifs is 1. The molecule has 19 heavy (non-hydrogen) atoms. The van der Waals surface area contributed by atoms with Gasteiger partial charge in [0.05, 0.1) is 12.1 Å². The van der Waals surface area contributed by atoms with E-state index in [0.717, 1.165) is 27.3 Å². The Kier molecular flexibility index (Phi) is 2.95. The Morgan fingerprint density at radius 1 is 1.26 bits per heavy atom. The van der Waals surface area contributed by atoms with Crippen LogP contribution in [0.3, 0.4) is 0 Å². The lowest BCUT2D eigenvalue weighted by molar-refractivity contribution is 0.0992. The van der Waals surface area contributed by atoms with E-state index in [4.69, 9.17) is 0 Å². The minimum Gasteiger partial charge on any atom is -0.297 e. The van der Waals surface area contributed by atoms with Gasteiger partial charge < -0.3 is 0 Å². The predicted molar refractivity (Wildman–Crippen MR) is 77.0 cm³/mol. The van der Waals surface area contributed by atoms with Gasteiger partial charge in [0.2, 0.25) is 0 Å². The molecule has 0 atom stereocenters. The van der Waals surface area contributed by atoms with Gasteiger partial charge >= 0.3 is 0 Å². The van der Waals surface area contributed by atoms with E-state index in [2.05, 4.69) is 11.1 Å². The quantitative estimate of drug-likeness (QED) is 0.683. The SMILES string of the molecule is Cc1cc(C)cc(C(=O)Cc2cn3ccsc3n2)c1. The van der Waals surface area contributed by atoms with Crippen LogP contribution in [-0.2, 0) is 6.42 Å². The number of ketones is 1. The molecular formula is C15H14N2OS. The van der Waals surface area contributed by atoms with Crippen molar-refractivity contribution < 1.29 is 4.79 Å². The molecule has 0 amide bonds. The van der Waals surface area contributed by atoms with E-state index in [9.17, 15) is 4.79 Å². The van der Waals surface area contributed by atoms with Gasteiger partial charge in [-0.3, -0.25) is 9.20 Å². The molecule has 0 radical (unpaired) electrons. The lowest BCUT2D eigenvalue weighted by Gasteiger charge is -2.03. The summed E-state index contributed by atoms with van der Waals surface area (Å²) in [6.45, 7) is 4.02. The van der Waals surface area contributed by atoms with Crippen molar-refractivity contribution in [2.75, 3.05) is 0 Å². The van der Waals surface area contributed by atoms with E-state index in [1.165, 1.54) is 0 Å². The summed E-state index contributed by atoms with van der Waals surface area (Å²) in [6, 6.07) is 5.95. The van der Waals surface area contributed by atoms with Gasteiger partial charge in [-0.1, -0.05) is 17.2 Å². The number of carbonyl (C=O) groups excluding carboxylic acids is 1. The summed E-state index contributed by atoms with van der Waals surface area (Å²) in [6.07, 6.45) is 4.24. The van der Waals surface area contributed by atoms with Crippen LogP contribution < -0.4 is 0 Å². The summed E-state index contributed by atoms with van der Waals surface area (Å²) >= 11 is 1.58. The van der Waals surface area contributed by atoms with Crippen LogP contribution in [0.5, 0.6) is 0 Å². The molecule has 0 bridgehead atoms. The van der Waals surface area contributed by atoms with Gasteiger partial charge in [-0.15, -0.1) is 11.3 Å². The number of aromatic nitrogens is 2. The predicted octanol–water partition coefficient (Wildman–Crippen LogP) is 3.44. The molecule has 0 fully saturated rings. The van der Waals surface area contributed by atoms with Crippen LogP contribution in [0, 0.1) is 13.8 Å². The molecule has 0 saturated heterocycles. The van der Waals surface area contributed by atoms with Crippen LogP contribution in [0.25, 0.3) is 4.96 Å². The smallest absolute Gasteiger partial charge is 0.193 e. The maximum atomic E-state index is 12.3. The summed E-state index contributed by atoms with van der Waals surface area (Å²) in [5.41, 5.74) is 3.84. The zero-order chi connectivity index (χ0) is 13.4. The van der Waals surface area contributed by atoms with Crippen molar-refractivity contribution >= 4 is 22.1 Å². The molecule has 0 saturated carbocycles. The molecule has 0 aliphatic rings. The van der Waals surface area contributed by atoms with E-state index in [-0.39, 0.29) is 5.78 Å². The lowest BCUT2D eigenvalue weighted by atomic mass is 10.0. The number of rotatable bonds is 3. The summed E-state index contributed by atoms with van der Waals surface area (Å²) in [7, 11) is 0. The number of hydrogen-bond acceptors (Lipinski definition) is 3. The molecule has 2 heterocycles. The average molecular weight is 270 g/mol. The fourth-order valence-corrected chi connectivity index (χ4v) is 2.98. The second-order valence-electron chi connectivity index (χ2n) is 4.80. The lowest BCUT2D eigenvalue weighted by Crippen LogP contribution is -2.04. The molecule has 3 nitrogen and oxygen atoms in total. The van der Waals surface area contributed by atoms with Crippen LogP contribution in [-0.4, -0.2) is 15.2 Å². The van der Waals surface area contributed by atoms with Crippen molar-refractivity contribution in [1.29, 1.82) is 0 Å². The third kappa shape index (κ3) is 2.44. The number of nitrogens with zero attached hydrogens (tertiary/aromatic N) is 2. The Morgan fingerprint density at radius 2 is 2.00 bits per heavy atom. The van der Waals surface area contributed by atoms with Gasteiger partial charge in [0.25, 0.3) is 0 Å². The number of carbonyl (C=O) groups is 1. The molecule has 0 aliphatic carbocycles. The number of aryl methyl sites for hydroxylation is 2. The molecule has 0 aliphatic heterocycles. The average Bonchev–Trinajstić information content (AvgIpc) is 2.88. The minimum absolute atomic E-state index is 0.123. The second-order valence-corrected chi connectivity index (χ2v) is 5.67. The fourth-order valence-electron chi connectivity index (χ4n) is 2.26. The van der Waals surface area contributed by atoms with E-state index < -0.39 is 0 Å². The first-order valence-corrected chi connectivity index (χ1v) is 7.02. The monoisotopic (exact) mass is 270 g/mol. The third-order valence-electron chi connectivity index (χ3n) is 3.03. The summed E-state index contributed by atoms with van der Waals surface area (Å²) in [5, 5.41) is 1.98. The van der Waals surface area contributed by atoms with Crippen molar-refractivity contribution in [3.8, 4) is 0 Å². The topological polar surface area (TPSA) is 34.4 Å². The summed E-state index contributed by atoms with van der Waals surface area (Å²) < 4.78 is 1.95. The zero-order valence-corrected chi connectivity index (χ0v) is 11.7. The highest BCUT2D eigenvalue weighted by Gasteiger charge is 2.11. The number of imidazole rings is 1. The Balaban J connectivity index is 1.86. The maximum absolute atomic E-state index is 12.3. The van der Waals surface area contributed by atoms with E-state index >= 15 is 0 Å². The molecule has 1 aromatic carbocycles. The third-order valence-corrected chi connectivity index (χ3v) is 3.80. The molecule has 4 heteroatoms. The number of hydrogen-bond donors (Lipinski definition) is 0. The first-order chi connectivity index (χ1) is 9.11. The number of benzene rings is 1. The molecule has 0 spiro atoms. The largest absolute Gasteiger partial charge is 0.297 e. The van der Waals surface area contributed by atoms with Crippen LogP contribution >= 0.6 is 11.3 Å². The summed E-state index contributed by atoms with van der Waals surface area (Å²) in [5.74, 6) is 0.123. The highest BCUT2D eigenvalue weighted by Crippen LogP contribution is 2.15. The molecule has 0 N–H and O–H groups in total. The standard InChI is InChI=1S/C15H14N2OS/c1-10-5-11(2)7-12(6-10)14(18)8-13-9-17-3-4-19-15(17)16-13/h3-7,9H,8H2,1-2H3. The molecule has 96 valence electrons. The van der Waals surface area contributed by atoms with Gasteiger partial charge in [-0.05, 0) is 26.0 Å². The Morgan fingerprint density at radius 3 is 2.68 bits per heavy atom. The van der Waals surface area contributed by atoms with Crippen LogP contribution in [0.4, 0.5) is 0 Å². The van der Waals surface area contributed by atoms with E-state index in [1.807, 2.05) is 48.2 Å². The van der Waals surface area contributed by atoms with Crippen LogP contribution in [0.15, 0.2) is 36.0 Å². The van der Waals surface area contributed by atoms with Gasteiger partial charge in [-0.25, -0.2) is 4.98 Å². The van der Waals surface area contributed by atoms with Crippen molar-refractivity contribution in [2.24, 2.45) is 0 Å². The van der Waals surface area contributed by atoms with Gasteiger partial charge in [-0.2, -0.15) is 0 Å². The van der Waals surface area contributed by atoms with Crippen molar-refractivity contribution in [2.45, 2.75) is 20.3 Å². The van der Waals surface area contributed by atoms with E-state index in [1.54, 1.807) is 11.3 Å². The van der Waals surface area contributed by atoms with Gasteiger partial charge in [0, 0.05) is 23.3 Å². The van der Waals surface area contributed by atoms with Gasteiger partial charge in [0.15, 0.2) is 10.7 Å². The molecule has 0 unspecified atom stereocenters. The highest BCUT2D eigenvalue weighted by atomic mass is 32.1. The minimum atomic E-state index is 0.123. The van der Waals surface area contributed by atoms with Crippen molar-refractivity contribution in [3.05, 3.63) is 58.4 Å². The second kappa shape index (κ2) is 4.63. The zero-order valence-electron chi connectivity index (χ0n) is 10.9. The fraction of sp³-hybridized carbons (Fsp3) is 0.200. The molecule has 3 rings (SSSR count). The molecule has 2 aromatic heterocycles. The van der Waals surface area contributed by atoms with Crippen molar-refractivity contribution in [3.63, 3.8) is 0 Å².